The molecule has 0 fully saturated rings. The van der Waals surface area contributed by atoms with Crippen LogP contribution in [0.25, 0.3) is 0 Å². The van der Waals surface area contributed by atoms with Gasteiger partial charge in [0, 0.05) is 0 Å². The summed E-state index contributed by atoms with van der Waals surface area (Å²) in [5, 5.41) is 8.42. The van der Waals surface area contributed by atoms with E-state index in [1.807, 2.05) is 36.5 Å². The van der Waals surface area contributed by atoms with Crippen LogP contribution in [0.3, 0.4) is 0 Å². The molecule has 0 aliphatic rings. The van der Waals surface area contributed by atoms with Gasteiger partial charge in [-0.05, 0) is 18.9 Å². The molecule has 0 radical (unpaired) electrons. The van der Waals surface area contributed by atoms with Crippen LogP contribution in [-0.2, 0) is 0 Å². The highest BCUT2D eigenvalue weighted by molar-refractivity contribution is 5.19. The van der Waals surface area contributed by atoms with Gasteiger partial charge in [-0.25, -0.2) is 0 Å². The number of aliphatic hydroxyl groups excluding tert-OH is 1. The van der Waals surface area contributed by atoms with Gasteiger partial charge in [-0.2, -0.15) is 0 Å². The molecule has 0 bridgehead atoms. The predicted molar refractivity (Wildman–Crippen MR) is 105 cm³/mol. The Morgan fingerprint density at radius 3 is 1.48 bits per heavy atom. The summed E-state index contributed by atoms with van der Waals surface area (Å²) in [6.07, 6.45) is 34.8. The van der Waals surface area contributed by atoms with Crippen LogP contribution in [-0.4, -0.2) is 5.11 Å². The SMILES string of the molecule is CCCCCCCCCC/C=C/C=C\C=C/C=C/C=C/C=C/O. The zero-order valence-electron chi connectivity index (χ0n) is 14.7. The van der Waals surface area contributed by atoms with E-state index in [9.17, 15) is 0 Å². The fraction of sp³-hybridized carbons (Fsp3) is 0.455. The smallest absolute Gasteiger partial charge is 0.0791 e. The van der Waals surface area contributed by atoms with Gasteiger partial charge in [0.2, 0.25) is 0 Å². The lowest BCUT2D eigenvalue weighted by atomic mass is 10.1. The van der Waals surface area contributed by atoms with Crippen LogP contribution in [0, 0.1) is 0 Å². The summed E-state index contributed by atoms with van der Waals surface area (Å²) in [6, 6.07) is 0. The Morgan fingerprint density at radius 1 is 0.522 bits per heavy atom. The normalized spacial score (nSPS) is 13.3. The molecule has 128 valence electrons. The molecular formula is C22H34O. The molecule has 0 aliphatic heterocycles. The second kappa shape index (κ2) is 20.2. The third kappa shape index (κ3) is 20.2. The molecule has 0 heterocycles. The van der Waals surface area contributed by atoms with Gasteiger partial charge in [0.1, 0.15) is 0 Å². The quantitative estimate of drug-likeness (QED) is 0.201. The maximum absolute atomic E-state index is 8.42. The van der Waals surface area contributed by atoms with Gasteiger partial charge in [0.25, 0.3) is 0 Å². The second-order valence-electron chi connectivity index (χ2n) is 5.57. The van der Waals surface area contributed by atoms with Crippen molar-refractivity contribution < 1.29 is 5.11 Å². The zero-order chi connectivity index (χ0) is 16.8. The second-order valence-corrected chi connectivity index (χ2v) is 5.57. The summed E-state index contributed by atoms with van der Waals surface area (Å²) < 4.78 is 0. The highest BCUT2D eigenvalue weighted by Gasteiger charge is 1.89. The molecule has 0 amide bonds. The molecule has 0 spiro atoms. The fourth-order valence-electron chi connectivity index (χ4n) is 2.13. The van der Waals surface area contributed by atoms with Gasteiger partial charge in [0.15, 0.2) is 0 Å². The molecule has 0 aromatic carbocycles. The van der Waals surface area contributed by atoms with Gasteiger partial charge in [-0.15, -0.1) is 0 Å². The first-order valence-corrected chi connectivity index (χ1v) is 9.04. The molecule has 0 rings (SSSR count). The van der Waals surface area contributed by atoms with Crippen LogP contribution < -0.4 is 0 Å². The van der Waals surface area contributed by atoms with E-state index in [0.29, 0.717) is 0 Å². The van der Waals surface area contributed by atoms with E-state index in [1.54, 1.807) is 12.2 Å². The van der Waals surface area contributed by atoms with Crippen LogP contribution in [0.15, 0.2) is 73.1 Å². The molecule has 0 atom stereocenters. The highest BCUT2D eigenvalue weighted by Crippen LogP contribution is 2.09. The highest BCUT2D eigenvalue weighted by atomic mass is 16.2. The maximum atomic E-state index is 8.42. The number of hydrogen-bond donors (Lipinski definition) is 1. The average molecular weight is 315 g/mol. The minimum absolute atomic E-state index is 1.02. The Kier molecular flexibility index (Phi) is 18.7. The van der Waals surface area contributed by atoms with Crippen LogP contribution >= 0.6 is 0 Å². The van der Waals surface area contributed by atoms with E-state index >= 15 is 0 Å². The lowest BCUT2D eigenvalue weighted by Crippen LogP contribution is -1.79. The lowest BCUT2D eigenvalue weighted by molar-refractivity contribution is 0.474. The third-order valence-corrected chi connectivity index (χ3v) is 3.45. The molecule has 0 saturated heterocycles. The summed E-state index contributed by atoms with van der Waals surface area (Å²) in [7, 11) is 0. The van der Waals surface area contributed by atoms with Gasteiger partial charge in [-0.3, -0.25) is 0 Å². The van der Waals surface area contributed by atoms with Gasteiger partial charge in [-0.1, -0.05) is 113 Å². The van der Waals surface area contributed by atoms with Crippen LogP contribution in [0.4, 0.5) is 0 Å². The summed E-state index contributed by atoms with van der Waals surface area (Å²) in [5.41, 5.74) is 0. The maximum Gasteiger partial charge on any atom is 0.0791 e. The number of aliphatic hydroxyl groups is 1. The molecule has 23 heavy (non-hydrogen) atoms. The standard InChI is InChI=1S/C22H34O/c1-2-3-4-5-6-7-8-9-10-11-12-13-14-15-16-17-18-19-20-21-22-23/h11-23H,2-10H2,1H3/b12-11+,14-13-,16-15-,18-17+,20-19+,22-21+. The van der Waals surface area contributed by atoms with E-state index < -0.39 is 0 Å². The Hall–Kier alpha value is -1.76. The van der Waals surface area contributed by atoms with Crippen molar-refractivity contribution >= 4 is 0 Å². The van der Waals surface area contributed by atoms with Crippen molar-refractivity contribution in [1.82, 2.24) is 0 Å². The number of unbranched alkanes of at least 4 members (excludes halogenated alkanes) is 8. The number of allylic oxidation sites excluding steroid dienone is 11. The molecule has 0 unspecified atom stereocenters. The largest absolute Gasteiger partial charge is 0.516 e. The van der Waals surface area contributed by atoms with Crippen molar-refractivity contribution in [2.45, 2.75) is 64.7 Å². The summed E-state index contributed by atoms with van der Waals surface area (Å²) >= 11 is 0. The topological polar surface area (TPSA) is 20.2 Å². The first-order chi connectivity index (χ1) is 11.4. The average Bonchev–Trinajstić information content (AvgIpc) is 2.57. The van der Waals surface area contributed by atoms with Crippen molar-refractivity contribution in [2.75, 3.05) is 0 Å². The van der Waals surface area contributed by atoms with Crippen molar-refractivity contribution in [1.29, 1.82) is 0 Å². The number of rotatable bonds is 14. The summed E-state index contributed by atoms with van der Waals surface area (Å²) in [6.45, 7) is 2.27. The Morgan fingerprint density at radius 2 is 0.957 bits per heavy atom. The first-order valence-electron chi connectivity index (χ1n) is 9.04. The van der Waals surface area contributed by atoms with Crippen LogP contribution in [0.5, 0.6) is 0 Å². The van der Waals surface area contributed by atoms with Crippen molar-refractivity contribution in [2.24, 2.45) is 0 Å². The molecular weight excluding hydrogens is 280 g/mol. The molecule has 0 aromatic heterocycles. The van der Waals surface area contributed by atoms with E-state index in [2.05, 4.69) is 25.2 Å². The van der Waals surface area contributed by atoms with Gasteiger partial charge >= 0.3 is 0 Å². The Balaban J connectivity index is 3.45. The third-order valence-electron chi connectivity index (χ3n) is 3.45. The monoisotopic (exact) mass is 314 g/mol. The van der Waals surface area contributed by atoms with Crippen LogP contribution in [0.2, 0.25) is 0 Å². The van der Waals surface area contributed by atoms with E-state index in [1.165, 1.54) is 57.8 Å². The summed E-state index contributed by atoms with van der Waals surface area (Å²) in [4.78, 5) is 0. The molecule has 1 nitrogen and oxygen atoms in total. The van der Waals surface area contributed by atoms with Crippen molar-refractivity contribution in [3.63, 3.8) is 0 Å². The molecule has 1 heteroatoms. The lowest BCUT2D eigenvalue weighted by Gasteiger charge is -1.99. The van der Waals surface area contributed by atoms with Crippen molar-refractivity contribution in [3.8, 4) is 0 Å². The van der Waals surface area contributed by atoms with E-state index in [4.69, 9.17) is 5.11 Å². The van der Waals surface area contributed by atoms with Gasteiger partial charge in [0.05, 0.1) is 6.26 Å². The molecule has 1 N–H and O–H groups in total. The minimum Gasteiger partial charge on any atom is -0.516 e. The minimum atomic E-state index is 1.02. The molecule has 0 aromatic rings. The van der Waals surface area contributed by atoms with Gasteiger partial charge < -0.3 is 5.11 Å². The summed E-state index contributed by atoms with van der Waals surface area (Å²) in [5.74, 6) is 0. The fourth-order valence-corrected chi connectivity index (χ4v) is 2.13. The van der Waals surface area contributed by atoms with Crippen LogP contribution in [0.1, 0.15) is 64.7 Å². The van der Waals surface area contributed by atoms with E-state index in [-0.39, 0.29) is 0 Å². The first kappa shape index (κ1) is 21.2. The Labute approximate surface area is 143 Å². The molecule has 0 saturated carbocycles. The van der Waals surface area contributed by atoms with E-state index in [0.717, 1.165) is 6.26 Å². The molecule has 0 aliphatic carbocycles. The zero-order valence-corrected chi connectivity index (χ0v) is 14.7. The Bertz CT molecular complexity index is 394. The predicted octanol–water partition coefficient (Wildman–Crippen LogP) is 7.37. The van der Waals surface area contributed by atoms with Crippen molar-refractivity contribution in [3.05, 3.63) is 73.1 Å². The number of hydrogen-bond acceptors (Lipinski definition) is 1.